The minimum absolute atomic E-state index is 0.173. The highest BCUT2D eigenvalue weighted by Gasteiger charge is 2.19. The smallest absolute Gasteiger partial charge is 0.316 e. The maximum atomic E-state index is 13.7. The summed E-state index contributed by atoms with van der Waals surface area (Å²) in [6.45, 7) is 1.66. The van der Waals surface area contributed by atoms with Crippen molar-refractivity contribution in [1.82, 2.24) is 0 Å². The molecule has 6 nitrogen and oxygen atoms in total. The number of hydrogen-bond donors (Lipinski definition) is 3. The molecule has 0 bridgehead atoms. The van der Waals surface area contributed by atoms with E-state index in [4.69, 9.17) is 5.73 Å². The van der Waals surface area contributed by atoms with Crippen LogP contribution in [0.1, 0.15) is 5.56 Å². The molecule has 0 spiro atoms. The molecule has 116 valence electrons. The molecule has 2 aromatic carbocycles. The molecule has 2 aromatic rings. The molecule has 0 atom stereocenters. The number of benzene rings is 2. The van der Waals surface area contributed by atoms with E-state index in [1.54, 1.807) is 6.92 Å². The maximum Gasteiger partial charge on any atom is 0.316 e. The largest absolute Gasteiger partial charge is 0.351 e. The first kappa shape index (κ1) is 15.8. The minimum atomic E-state index is -4.08. The molecule has 0 saturated carbocycles. The van der Waals surface area contributed by atoms with Gasteiger partial charge in [0.2, 0.25) is 0 Å². The van der Waals surface area contributed by atoms with Crippen LogP contribution in [0.3, 0.4) is 0 Å². The first-order chi connectivity index (χ1) is 10.3. The van der Waals surface area contributed by atoms with E-state index in [2.05, 4.69) is 10.0 Å². The molecule has 4 N–H and O–H groups in total. The van der Waals surface area contributed by atoms with Crippen molar-refractivity contribution in [2.75, 3.05) is 10.0 Å². The molecule has 0 unspecified atom stereocenters. The Hall–Kier alpha value is -2.61. The van der Waals surface area contributed by atoms with Crippen molar-refractivity contribution in [2.24, 2.45) is 5.73 Å². The van der Waals surface area contributed by atoms with E-state index in [-0.39, 0.29) is 5.69 Å². The van der Waals surface area contributed by atoms with Crippen LogP contribution in [0.15, 0.2) is 47.4 Å². The molecule has 0 saturated heterocycles. The lowest BCUT2D eigenvalue weighted by molar-refractivity contribution is 0.259. The van der Waals surface area contributed by atoms with Crippen LogP contribution in [-0.4, -0.2) is 14.4 Å². The van der Waals surface area contributed by atoms with Crippen LogP contribution in [0, 0.1) is 12.7 Å². The number of sulfonamides is 1. The second-order valence-corrected chi connectivity index (χ2v) is 6.26. The second kappa shape index (κ2) is 6.02. The van der Waals surface area contributed by atoms with Gasteiger partial charge in [0.05, 0.1) is 5.69 Å². The predicted molar refractivity (Wildman–Crippen MR) is 81.6 cm³/mol. The highest BCUT2D eigenvalue weighted by molar-refractivity contribution is 7.92. The van der Waals surface area contributed by atoms with E-state index < -0.39 is 26.8 Å². The molecular formula is C14H14FN3O3S. The van der Waals surface area contributed by atoms with Gasteiger partial charge >= 0.3 is 6.03 Å². The summed E-state index contributed by atoms with van der Waals surface area (Å²) in [5.41, 5.74) is 6.10. The number of carbonyl (C=O) groups is 1. The normalized spacial score (nSPS) is 11.0. The first-order valence-electron chi connectivity index (χ1n) is 6.23. The summed E-state index contributed by atoms with van der Waals surface area (Å²) >= 11 is 0. The molecule has 0 heterocycles. The molecule has 22 heavy (non-hydrogen) atoms. The first-order valence-corrected chi connectivity index (χ1v) is 7.72. The SMILES string of the molecule is Cc1ccc(F)c(S(=O)(=O)Nc2cccc(NC(N)=O)c2)c1. The Morgan fingerprint density at radius 2 is 1.82 bits per heavy atom. The Bertz CT molecular complexity index is 822. The Labute approximate surface area is 127 Å². The zero-order valence-corrected chi connectivity index (χ0v) is 12.4. The summed E-state index contributed by atoms with van der Waals surface area (Å²) in [5, 5.41) is 2.32. The summed E-state index contributed by atoms with van der Waals surface area (Å²) < 4.78 is 40.5. The highest BCUT2D eigenvalue weighted by atomic mass is 32.2. The third-order valence-corrected chi connectivity index (χ3v) is 4.15. The zero-order chi connectivity index (χ0) is 16.3. The monoisotopic (exact) mass is 323 g/mol. The number of amides is 2. The van der Waals surface area contributed by atoms with Crippen molar-refractivity contribution in [2.45, 2.75) is 11.8 Å². The molecule has 0 aliphatic heterocycles. The molecular weight excluding hydrogens is 309 g/mol. The van der Waals surface area contributed by atoms with Crippen molar-refractivity contribution in [1.29, 1.82) is 0 Å². The molecule has 2 amide bonds. The van der Waals surface area contributed by atoms with E-state index >= 15 is 0 Å². The number of hydrogen-bond acceptors (Lipinski definition) is 3. The molecule has 0 aliphatic carbocycles. The van der Waals surface area contributed by atoms with Crippen LogP contribution in [0.4, 0.5) is 20.6 Å². The topological polar surface area (TPSA) is 101 Å². The van der Waals surface area contributed by atoms with Crippen molar-refractivity contribution in [3.05, 3.63) is 53.8 Å². The van der Waals surface area contributed by atoms with Crippen LogP contribution >= 0.6 is 0 Å². The molecule has 8 heteroatoms. The highest BCUT2D eigenvalue weighted by Crippen LogP contribution is 2.22. The van der Waals surface area contributed by atoms with Crippen LogP contribution in [-0.2, 0) is 10.0 Å². The number of nitrogens with one attached hydrogen (secondary N) is 2. The van der Waals surface area contributed by atoms with Gasteiger partial charge in [0, 0.05) is 5.69 Å². The number of primary amides is 1. The predicted octanol–water partition coefficient (Wildman–Crippen LogP) is 2.43. The summed E-state index contributed by atoms with van der Waals surface area (Å²) in [7, 11) is -4.08. The Morgan fingerprint density at radius 1 is 1.14 bits per heavy atom. The number of nitrogens with two attached hydrogens (primary N) is 1. The van der Waals surface area contributed by atoms with Crippen molar-refractivity contribution >= 4 is 27.4 Å². The molecule has 0 aromatic heterocycles. The van der Waals surface area contributed by atoms with Crippen molar-refractivity contribution in [3.63, 3.8) is 0 Å². The quantitative estimate of drug-likeness (QED) is 0.805. The maximum absolute atomic E-state index is 13.7. The second-order valence-electron chi connectivity index (χ2n) is 4.61. The molecule has 0 fully saturated rings. The lowest BCUT2D eigenvalue weighted by Gasteiger charge is -2.11. The Kier molecular flexibility index (Phi) is 4.32. The van der Waals surface area contributed by atoms with E-state index in [0.717, 1.165) is 6.07 Å². The standard InChI is InChI=1S/C14H14FN3O3S/c1-9-5-6-12(15)13(7-9)22(20,21)18-11-4-2-3-10(8-11)17-14(16)19/h2-8,18H,1H3,(H3,16,17,19). The molecule has 2 rings (SSSR count). The van der Waals surface area contributed by atoms with E-state index in [0.29, 0.717) is 11.3 Å². The van der Waals surface area contributed by atoms with Crippen molar-refractivity contribution in [3.8, 4) is 0 Å². The minimum Gasteiger partial charge on any atom is -0.351 e. The third-order valence-electron chi connectivity index (χ3n) is 2.76. The average molecular weight is 323 g/mol. The summed E-state index contributed by atoms with van der Waals surface area (Å²) in [6, 6.07) is 8.94. The fourth-order valence-corrected chi connectivity index (χ4v) is 3.04. The lowest BCUT2D eigenvalue weighted by Crippen LogP contribution is -2.19. The zero-order valence-electron chi connectivity index (χ0n) is 11.6. The lowest BCUT2D eigenvalue weighted by atomic mass is 10.2. The number of carbonyl (C=O) groups excluding carboxylic acids is 1. The summed E-state index contributed by atoms with van der Waals surface area (Å²) in [5.74, 6) is -0.843. The van der Waals surface area contributed by atoms with Gasteiger partial charge in [-0.05, 0) is 42.8 Å². The van der Waals surface area contributed by atoms with Gasteiger partial charge in [-0.1, -0.05) is 12.1 Å². The number of anilines is 2. The summed E-state index contributed by atoms with van der Waals surface area (Å²) in [4.78, 5) is 10.3. The average Bonchev–Trinajstić information content (AvgIpc) is 2.40. The van der Waals surface area contributed by atoms with Gasteiger partial charge in [-0.2, -0.15) is 0 Å². The van der Waals surface area contributed by atoms with Gasteiger partial charge in [-0.15, -0.1) is 0 Å². The van der Waals surface area contributed by atoms with Gasteiger partial charge < -0.3 is 11.1 Å². The van der Waals surface area contributed by atoms with Crippen LogP contribution in [0.5, 0.6) is 0 Å². The van der Waals surface area contributed by atoms with Crippen LogP contribution in [0.2, 0.25) is 0 Å². The van der Waals surface area contributed by atoms with Crippen LogP contribution < -0.4 is 15.8 Å². The van der Waals surface area contributed by atoms with E-state index in [9.17, 15) is 17.6 Å². The van der Waals surface area contributed by atoms with Gasteiger partial charge in [0.15, 0.2) is 0 Å². The Morgan fingerprint density at radius 3 is 2.50 bits per heavy atom. The number of urea groups is 1. The van der Waals surface area contributed by atoms with Gasteiger partial charge in [0.1, 0.15) is 10.7 Å². The Balaban J connectivity index is 2.33. The van der Waals surface area contributed by atoms with Gasteiger partial charge in [-0.3, -0.25) is 4.72 Å². The summed E-state index contributed by atoms with van der Waals surface area (Å²) in [6.07, 6.45) is 0. The molecule has 0 aliphatic rings. The van der Waals surface area contributed by atoms with Crippen LogP contribution in [0.25, 0.3) is 0 Å². The number of halogens is 1. The fourth-order valence-electron chi connectivity index (χ4n) is 1.83. The van der Waals surface area contributed by atoms with Gasteiger partial charge in [-0.25, -0.2) is 17.6 Å². The number of rotatable bonds is 4. The fraction of sp³-hybridized carbons (Fsp3) is 0.0714. The van der Waals surface area contributed by atoms with E-state index in [1.165, 1.54) is 36.4 Å². The molecule has 0 radical (unpaired) electrons. The van der Waals surface area contributed by atoms with Gasteiger partial charge in [0.25, 0.3) is 10.0 Å². The third kappa shape index (κ3) is 3.73. The van der Waals surface area contributed by atoms with E-state index in [1.807, 2.05) is 0 Å². The number of aryl methyl sites for hydroxylation is 1. The van der Waals surface area contributed by atoms with Crippen molar-refractivity contribution < 1.29 is 17.6 Å².